The standard InChI is InChI=1S/C27H27ClFNO4/c1-3-33-11-12-34-27(32)24-16(2)30-22-14-19(17-7-9-20(28)10-8-17)15-23(31)26(22)25(24)18-5-4-6-21(29)13-18/h4-10,13,19,25,30H,3,11-12,14-15H2,1-2H3/t19-,25-/m0/s1. The third-order valence-corrected chi connectivity index (χ3v) is 6.49. The summed E-state index contributed by atoms with van der Waals surface area (Å²) in [6, 6.07) is 13.5. The summed E-state index contributed by atoms with van der Waals surface area (Å²) in [4.78, 5) is 26.6. The summed E-state index contributed by atoms with van der Waals surface area (Å²) in [6.07, 6.45) is 0.887. The minimum atomic E-state index is -0.704. The van der Waals surface area contributed by atoms with Crippen LogP contribution in [-0.2, 0) is 19.1 Å². The summed E-state index contributed by atoms with van der Waals surface area (Å²) in [7, 11) is 0. The second-order valence-corrected chi connectivity index (χ2v) is 8.89. The van der Waals surface area contributed by atoms with Crippen LogP contribution in [0, 0.1) is 5.82 Å². The number of esters is 1. The first-order chi connectivity index (χ1) is 16.4. The molecular formula is C27H27ClFNO4. The number of hydrogen-bond donors (Lipinski definition) is 1. The lowest BCUT2D eigenvalue weighted by atomic mass is 9.71. The Labute approximate surface area is 203 Å². The maximum absolute atomic E-state index is 14.2. The van der Waals surface area contributed by atoms with Gasteiger partial charge in [-0.15, -0.1) is 0 Å². The lowest BCUT2D eigenvalue weighted by Gasteiger charge is -2.36. The van der Waals surface area contributed by atoms with Gasteiger partial charge in [-0.2, -0.15) is 0 Å². The zero-order valence-electron chi connectivity index (χ0n) is 19.2. The predicted octanol–water partition coefficient (Wildman–Crippen LogP) is 5.42. The van der Waals surface area contributed by atoms with E-state index in [4.69, 9.17) is 21.1 Å². The molecule has 4 rings (SSSR count). The second-order valence-electron chi connectivity index (χ2n) is 8.46. The molecule has 1 heterocycles. The first kappa shape index (κ1) is 24.2. The van der Waals surface area contributed by atoms with E-state index in [2.05, 4.69) is 5.32 Å². The number of ether oxygens (including phenoxy) is 2. The van der Waals surface area contributed by atoms with Gasteiger partial charge in [0.15, 0.2) is 5.78 Å². The van der Waals surface area contributed by atoms with Crippen LogP contribution in [0.1, 0.15) is 49.7 Å². The van der Waals surface area contributed by atoms with Crippen LogP contribution in [0.3, 0.4) is 0 Å². The maximum atomic E-state index is 14.2. The minimum Gasteiger partial charge on any atom is -0.460 e. The maximum Gasteiger partial charge on any atom is 0.336 e. The van der Waals surface area contributed by atoms with Gasteiger partial charge in [-0.1, -0.05) is 35.9 Å². The third kappa shape index (κ3) is 5.08. The third-order valence-electron chi connectivity index (χ3n) is 6.24. The molecule has 2 aromatic rings. The molecule has 2 atom stereocenters. The summed E-state index contributed by atoms with van der Waals surface area (Å²) < 4.78 is 24.9. The van der Waals surface area contributed by atoms with E-state index < -0.39 is 17.7 Å². The zero-order valence-corrected chi connectivity index (χ0v) is 20.0. The van der Waals surface area contributed by atoms with Crippen LogP contribution in [0.5, 0.6) is 0 Å². The van der Waals surface area contributed by atoms with Crippen molar-refractivity contribution in [1.29, 1.82) is 0 Å². The Hall–Kier alpha value is -2.96. The van der Waals surface area contributed by atoms with E-state index in [-0.39, 0.29) is 24.9 Å². The van der Waals surface area contributed by atoms with Gasteiger partial charge in [-0.05, 0) is 61.6 Å². The largest absolute Gasteiger partial charge is 0.460 e. The van der Waals surface area contributed by atoms with Gasteiger partial charge in [-0.25, -0.2) is 9.18 Å². The average molecular weight is 484 g/mol. The van der Waals surface area contributed by atoms with Crippen molar-refractivity contribution in [2.45, 2.75) is 38.5 Å². The van der Waals surface area contributed by atoms with E-state index in [0.717, 1.165) is 11.3 Å². The van der Waals surface area contributed by atoms with Gasteiger partial charge >= 0.3 is 5.97 Å². The van der Waals surface area contributed by atoms with Crippen LogP contribution in [0.15, 0.2) is 71.1 Å². The van der Waals surface area contributed by atoms with E-state index in [1.807, 2.05) is 31.2 Å². The lowest BCUT2D eigenvalue weighted by molar-refractivity contribution is -0.140. The highest BCUT2D eigenvalue weighted by Crippen LogP contribution is 2.45. The monoisotopic (exact) mass is 483 g/mol. The number of Topliss-reactive ketones (excluding diaryl/α,β-unsaturated/α-hetero) is 1. The highest BCUT2D eigenvalue weighted by molar-refractivity contribution is 6.30. The molecule has 0 unspecified atom stereocenters. The van der Waals surface area contributed by atoms with Gasteiger partial charge in [0.1, 0.15) is 12.4 Å². The van der Waals surface area contributed by atoms with Gasteiger partial charge in [0.05, 0.1) is 12.2 Å². The highest BCUT2D eigenvalue weighted by atomic mass is 35.5. The fraction of sp³-hybridized carbons (Fsp3) is 0.333. The van der Waals surface area contributed by atoms with Crippen molar-refractivity contribution in [3.05, 3.63) is 93.0 Å². The van der Waals surface area contributed by atoms with Crippen molar-refractivity contribution in [3.63, 3.8) is 0 Å². The lowest BCUT2D eigenvalue weighted by Crippen LogP contribution is -2.36. The molecular weight excluding hydrogens is 457 g/mol. The molecule has 178 valence electrons. The molecule has 0 bridgehead atoms. The Morgan fingerprint density at radius 1 is 1.12 bits per heavy atom. The van der Waals surface area contributed by atoms with Crippen LogP contribution >= 0.6 is 11.6 Å². The van der Waals surface area contributed by atoms with E-state index in [0.29, 0.717) is 46.9 Å². The molecule has 1 N–H and O–H groups in total. The second kappa shape index (κ2) is 10.5. The first-order valence-electron chi connectivity index (χ1n) is 11.4. The molecule has 0 aromatic heterocycles. The molecule has 0 radical (unpaired) electrons. The Morgan fingerprint density at radius 3 is 2.59 bits per heavy atom. The molecule has 0 spiro atoms. The molecule has 0 amide bonds. The molecule has 7 heteroatoms. The number of rotatable bonds is 7. The van der Waals surface area contributed by atoms with E-state index >= 15 is 0 Å². The molecule has 34 heavy (non-hydrogen) atoms. The van der Waals surface area contributed by atoms with E-state index in [1.54, 1.807) is 19.1 Å². The smallest absolute Gasteiger partial charge is 0.336 e. The van der Waals surface area contributed by atoms with Crippen molar-refractivity contribution in [2.24, 2.45) is 0 Å². The SMILES string of the molecule is CCOCCOC(=O)C1=C(C)NC2=C(C(=O)C[C@@H](c3ccc(Cl)cc3)C2)[C@H]1c1cccc(F)c1. The molecule has 0 saturated heterocycles. The van der Waals surface area contributed by atoms with Crippen LogP contribution in [-0.4, -0.2) is 31.6 Å². The number of allylic oxidation sites excluding steroid dienone is 3. The van der Waals surface area contributed by atoms with Gasteiger partial charge in [-0.3, -0.25) is 4.79 Å². The van der Waals surface area contributed by atoms with E-state index in [1.165, 1.54) is 12.1 Å². The summed E-state index contributed by atoms with van der Waals surface area (Å²) >= 11 is 6.03. The number of ketones is 1. The molecule has 1 aliphatic heterocycles. The van der Waals surface area contributed by atoms with Crippen molar-refractivity contribution >= 4 is 23.4 Å². The van der Waals surface area contributed by atoms with Gasteiger partial charge in [0, 0.05) is 40.9 Å². The number of nitrogens with one attached hydrogen (secondary N) is 1. The first-order valence-corrected chi connectivity index (χ1v) is 11.8. The predicted molar refractivity (Wildman–Crippen MR) is 128 cm³/mol. The van der Waals surface area contributed by atoms with Crippen molar-refractivity contribution < 1.29 is 23.5 Å². The van der Waals surface area contributed by atoms with Gasteiger partial charge in [0.2, 0.25) is 0 Å². The van der Waals surface area contributed by atoms with Crippen molar-refractivity contribution in [1.82, 2.24) is 5.32 Å². The Balaban J connectivity index is 1.71. The van der Waals surface area contributed by atoms with Crippen LogP contribution in [0.2, 0.25) is 5.02 Å². The number of halogens is 2. The Kier molecular flexibility index (Phi) is 7.49. The quantitative estimate of drug-likeness (QED) is 0.421. The van der Waals surface area contributed by atoms with Gasteiger partial charge < -0.3 is 14.8 Å². The average Bonchev–Trinajstić information content (AvgIpc) is 2.81. The summed E-state index contributed by atoms with van der Waals surface area (Å²) in [5.41, 5.74) is 3.74. The molecule has 5 nitrogen and oxygen atoms in total. The van der Waals surface area contributed by atoms with Crippen LogP contribution in [0.4, 0.5) is 4.39 Å². The Morgan fingerprint density at radius 2 is 1.88 bits per heavy atom. The highest BCUT2D eigenvalue weighted by Gasteiger charge is 2.41. The zero-order chi connectivity index (χ0) is 24.2. The molecule has 1 aliphatic carbocycles. The molecule has 0 fully saturated rings. The van der Waals surface area contributed by atoms with Gasteiger partial charge in [0.25, 0.3) is 0 Å². The fourth-order valence-electron chi connectivity index (χ4n) is 4.72. The molecule has 0 saturated carbocycles. The number of dihydropyridines is 1. The number of hydrogen-bond acceptors (Lipinski definition) is 5. The normalized spacial score (nSPS) is 20.2. The molecule has 2 aliphatic rings. The summed E-state index contributed by atoms with van der Waals surface area (Å²) in [5.74, 6) is -1.77. The van der Waals surface area contributed by atoms with E-state index in [9.17, 15) is 14.0 Å². The number of benzene rings is 2. The topological polar surface area (TPSA) is 64.6 Å². The summed E-state index contributed by atoms with van der Waals surface area (Å²) in [6.45, 7) is 4.54. The summed E-state index contributed by atoms with van der Waals surface area (Å²) in [5, 5.41) is 3.93. The molecule has 2 aromatic carbocycles. The number of carbonyl (C=O) groups excluding carboxylic acids is 2. The van der Waals surface area contributed by atoms with Crippen molar-refractivity contribution in [2.75, 3.05) is 19.8 Å². The number of carbonyl (C=O) groups is 2. The minimum absolute atomic E-state index is 0.0170. The van der Waals surface area contributed by atoms with Crippen LogP contribution < -0.4 is 5.32 Å². The van der Waals surface area contributed by atoms with Crippen LogP contribution in [0.25, 0.3) is 0 Å². The van der Waals surface area contributed by atoms with Crippen molar-refractivity contribution in [3.8, 4) is 0 Å². The fourth-order valence-corrected chi connectivity index (χ4v) is 4.84. The Bertz CT molecular complexity index is 1160.